The van der Waals surface area contributed by atoms with Gasteiger partial charge in [0.15, 0.2) is 5.76 Å². The first kappa shape index (κ1) is 21.5. The lowest BCUT2D eigenvalue weighted by atomic mass is 9.88. The van der Waals surface area contributed by atoms with Gasteiger partial charge in [0.1, 0.15) is 0 Å². The van der Waals surface area contributed by atoms with Crippen molar-refractivity contribution in [2.45, 2.75) is 62.1 Å². The fourth-order valence-corrected chi connectivity index (χ4v) is 5.66. The Bertz CT molecular complexity index is 787. The molecule has 0 unspecified atom stereocenters. The second-order valence-electron chi connectivity index (χ2n) is 8.99. The molecule has 1 aromatic heterocycles. The molecule has 0 bridgehead atoms. The van der Waals surface area contributed by atoms with Crippen LogP contribution < -0.4 is 0 Å². The van der Waals surface area contributed by atoms with Gasteiger partial charge in [-0.05, 0) is 80.9 Å². The maximum Gasteiger partial charge on any atom is 0.289 e. The average molecular weight is 427 g/mol. The minimum atomic E-state index is 0.0370. The lowest BCUT2D eigenvalue weighted by molar-refractivity contribution is 0.0527. The number of carbonyl (C=O) groups excluding carboxylic acids is 1. The highest BCUT2D eigenvalue weighted by atomic mass is 32.2. The Morgan fingerprint density at radius 1 is 1.03 bits per heavy atom. The van der Waals surface area contributed by atoms with Crippen molar-refractivity contribution in [2.75, 3.05) is 26.2 Å². The van der Waals surface area contributed by atoms with Gasteiger partial charge in [-0.25, -0.2) is 0 Å². The largest absolute Gasteiger partial charge is 0.459 e. The van der Waals surface area contributed by atoms with Crippen LogP contribution in [0.15, 0.2) is 52.0 Å². The molecule has 2 aliphatic heterocycles. The van der Waals surface area contributed by atoms with E-state index in [1.165, 1.54) is 42.8 Å². The van der Waals surface area contributed by atoms with E-state index in [4.69, 9.17) is 4.42 Å². The van der Waals surface area contributed by atoms with Crippen molar-refractivity contribution in [3.63, 3.8) is 0 Å². The third kappa shape index (κ3) is 5.50. The predicted molar refractivity (Wildman–Crippen MR) is 123 cm³/mol. The smallest absolute Gasteiger partial charge is 0.289 e. The summed E-state index contributed by atoms with van der Waals surface area (Å²) in [4.78, 5) is 18.4. The van der Waals surface area contributed by atoms with Crippen molar-refractivity contribution in [3.05, 3.63) is 54.0 Å². The molecule has 1 amide bonds. The molecule has 162 valence electrons. The number of thioether (sulfide) groups is 1. The van der Waals surface area contributed by atoms with E-state index in [2.05, 4.69) is 43.0 Å². The molecule has 2 aliphatic rings. The summed E-state index contributed by atoms with van der Waals surface area (Å²) >= 11 is 1.93. The van der Waals surface area contributed by atoms with Crippen LogP contribution in [0.1, 0.15) is 55.6 Å². The van der Waals surface area contributed by atoms with Crippen molar-refractivity contribution >= 4 is 17.7 Å². The number of piperidine rings is 2. The highest BCUT2D eigenvalue weighted by Crippen LogP contribution is 2.28. The molecule has 2 aromatic rings. The minimum absolute atomic E-state index is 0.0370. The van der Waals surface area contributed by atoms with Crippen LogP contribution >= 0.6 is 11.8 Å². The molecule has 0 N–H and O–H groups in total. The summed E-state index contributed by atoms with van der Waals surface area (Å²) < 4.78 is 5.27. The fourth-order valence-electron chi connectivity index (χ4n) is 4.82. The third-order valence-corrected chi connectivity index (χ3v) is 7.48. The maximum absolute atomic E-state index is 12.5. The van der Waals surface area contributed by atoms with Crippen LogP contribution in [0, 0.1) is 5.92 Å². The van der Waals surface area contributed by atoms with E-state index in [9.17, 15) is 4.79 Å². The average Bonchev–Trinajstić information content (AvgIpc) is 3.30. The molecule has 5 heteroatoms. The van der Waals surface area contributed by atoms with E-state index in [0.717, 1.165) is 31.8 Å². The fraction of sp³-hybridized carbons (Fsp3) is 0.560. The summed E-state index contributed by atoms with van der Waals surface area (Å²) in [6, 6.07) is 13.4. The molecule has 4 rings (SSSR count). The minimum Gasteiger partial charge on any atom is -0.459 e. The number of rotatable bonds is 6. The first-order chi connectivity index (χ1) is 14.6. The SMILES string of the molecule is CC(C)Sc1ccc(CC2CCN(C3CCN(C(=O)c4ccco4)CC3)CC2)cc1. The summed E-state index contributed by atoms with van der Waals surface area (Å²) in [6.07, 6.45) is 7.50. The van der Waals surface area contributed by atoms with Crippen LogP contribution in [0.2, 0.25) is 0 Å². The Labute approximate surface area is 185 Å². The van der Waals surface area contributed by atoms with Gasteiger partial charge in [0, 0.05) is 29.3 Å². The molecule has 2 fully saturated rings. The molecule has 0 saturated carbocycles. The van der Waals surface area contributed by atoms with Gasteiger partial charge >= 0.3 is 0 Å². The number of carbonyl (C=O) groups is 1. The Morgan fingerprint density at radius 2 is 1.73 bits per heavy atom. The molecule has 4 nitrogen and oxygen atoms in total. The molecular weight excluding hydrogens is 392 g/mol. The van der Waals surface area contributed by atoms with Gasteiger partial charge in [-0.1, -0.05) is 26.0 Å². The van der Waals surface area contributed by atoms with Crippen molar-refractivity contribution in [2.24, 2.45) is 5.92 Å². The van der Waals surface area contributed by atoms with E-state index < -0.39 is 0 Å². The van der Waals surface area contributed by atoms with E-state index in [0.29, 0.717) is 17.1 Å². The van der Waals surface area contributed by atoms with Crippen molar-refractivity contribution in [1.82, 2.24) is 9.80 Å². The normalized spacial score (nSPS) is 19.5. The predicted octanol–water partition coefficient (Wildman–Crippen LogP) is 5.34. The van der Waals surface area contributed by atoms with E-state index in [1.807, 2.05) is 16.7 Å². The zero-order valence-corrected chi connectivity index (χ0v) is 19.1. The van der Waals surface area contributed by atoms with Crippen molar-refractivity contribution in [1.29, 1.82) is 0 Å². The molecule has 0 spiro atoms. The van der Waals surface area contributed by atoms with Crippen LogP contribution in [0.4, 0.5) is 0 Å². The third-order valence-electron chi connectivity index (χ3n) is 6.47. The van der Waals surface area contributed by atoms with Gasteiger partial charge in [0.05, 0.1) is 6.26 Å². The van der Waals surface area contributed by atoms with Gasteiger partial charge in [-0.2, -0.15) is 0 Å². The number of amides is 1. The van der Waals surface area contributed by atoms with Gasteiger partial charge in [0.25, 0.3) is 5.91 Å². The lowest BCUT2D eigenvalue weighted by Crippen LogP contribution is -2.49. The topological polar surface area (TPSA) is 36.7 Å². The van der Waals surface area contributed by atoms with Gasteiger partial charge in [-0.3, -0.25) is 4.79 Å². The molecule has 1 aromatic carbocycles. The molecule has 2 saturated heterocycles. The van der Waals surface area contributed by atoms with Crippen LogP contribution in [0.3, 0.4) is 0 Å². The number of furan rings is 1. The molecular formula is C25H34N2O2S. The van der Waals surface area contributed by atoms with Crippen molar-refractivity contribution in [3.8, 4) is 0 Å². The highest BCUT2D eigenvalue weighted by Gasteiger charge is 2.30. The zero-order chi connectivity index (χ0) is 20.9. The summed E-state index contributed by atoms with van der Waals surface area (Å²) in [5.74, 6) is 1.30. The molecule has 0 radical (unpaired) electrons. The van der Waals surface area contributed by atoms with Gasteiger partial charge in [0.2, 0.25) is 0 Å². The summed E-state index contributed by atoms with van der Waals surface area (Å²) in [7, 11) is 0. The van der Waals surface area contributed by atoms with Crippen LogP contribution in [0.5, 0.6) is 0 Å². The van der Waals surface area contributed by atoms with Crippen LogP contribution in [0.25, 0.3) is 0 Å². The second-order valence-corrected chi connectivity index (χ2v) is 10.6. The Morgan fingerprint density at radius 3 is 2.33 bits per heavy atom. The van der Waals surface area contributed by atoms with Gasteiger partial charge in [-0.15, -0.1) is 11.8 Å². The monoisotopic (exact) mass is 426 g/mol. The van der Waals surface area contributed by atoms with Crippen molar-refractivity contribution < 1.29 is 9.21 Å². The number of nitrogens with zero attached hydrogens (tertiary/aromatic N) is 2. The summed E-state index contributed by atoms with van der Waals surface area (Å²) in [5, 5.41) is 0.635. The second kappa shape index (κ2) is 10.1. The standard InChI is InChI=1S/C25H34N2O2S/c1-19(2)30-23-7-5-20(6-8-23)18-21-9-13-26(14-10-21)22-11-15-27(16-12-22)25(28)24-4-3-17-29-24/h3-8,17,19,21-22H,9-16,18H2,1-2H3. The summed E-state index contributed by atoms with van der Waals surface area (Å²) in [5.41, 5.74) is 1.48. The number of hydrogen-bond acceptors (Lipinski definition) is 4. The molecule has 0 aliphatic carbocycles. The Balaban J connectivity index is 1.20. The Kier molecular flexibility index (Phi) is 7.21. The van der Waals surface area contributed by atoms with Crippen LogP contribution in [-0.4, -0.2) is 53.2 Å². The number of benzene rings is 1. The highest BCUT2D eigenvalue weighted by molar-refractivity contribution is 7.99. The zero-order valence-electron chi connectivity index (χ0n) is 18.3. The van der Waals surface area contributed by atoms with E-state index in [-0.39, 0.29) is 5.91 Å². The number of hydrogen-bond donors (Lipinski definition) is 0. The Hall–Kier alpha value is -1.72. The van der Waals surface area contributed by atoms with E-state index in [1.54, 1.807) is 18.4 Å². The molecule has 3 heterocycles. The quantitative estimate of drug-likeness (QED) is 0.584. The molecule has 30 heavy (non-hydrogen) atoms. The summed E-state index contributed by atoms with van der Waals surface area (Å²) in [6.45, 7) is 8.56. The maximum atomic E-state index is 12.5. The van der Waals surface area contributed by atoms with Crippen LogP contribution in [-0.2, 0) is 6.42 Å². The van der Waals surface area contributed by atoms with Gasteiger partial charge < -0.3 is 14.2 Å². The first-order valence-corrected chi connectivity index (χ1v) is 12.3. The molecule has 0 atom stereocenters. The number of likely N-dealkylation sites (tertiary alicyclic amines) is 2. The van der Waals surface area contributed by atoms with E-state index >= 15 is 0 Å². The lowest BCUT2D eigenvalue weighted by Gasteiger charge is -2.41. The first-order valence-electron chi connectivity index (χ1n) is 11.4.